The van der Waals surface area contributed by atoms with Crippen molar-refractivity contribution in [2.45, 2.75) is 109 Å². The van der Waals surface area contributed by atoms with Gasteiger partial charge in [-0.15, -0.1) is 0 Å². The highest BCUT2D eigenvalue weighted by molar-refractivity contribution is 9.10. The third-order valence-corrected chi connectivity index (χ3v) is 10.6. The zero-order chi connectivity index (χ0) is 29.6. The summed E-state index contributed by atoms with van der Waals surface area (Å²) in [6.07, 6.45) is 18.6. The van der Waals surface area contributed by atoms with Crippen LogP contribution in [0.3, 0.4) is 0 Å². The molecule has 0 saturated heterocycles. The minimum Gasteiger partial charge on any atom is -0.309 e. The Hall–Kier alpha value is -2.84. The van der Waals surface area contributed by atoms with Crippen molar-refractivity contribution in [1.82, 2.24) is 4.57 Å². The molecule has 0 bridgehead atoms. The van der Waals surface area contributed by atoms with Gasteiger partial charge in [-0.05, 0) is 71.5 Å². The first-order chi connectivity index (χ1) is 21.2. The molecule has 6 rings (SSSR count). The summed E-state index contributed by atoms with van der Waals surface area (Å²) in [5.41, 5.74) is 9.95. The summed E-state index contributed by atoms with van der Waals surface area (Å²) < 4.78 is 3.71. The standard InChI is InChI=1S/C41H48BrN/c1-3-5-7-9-11-17-27-41(28-18-12-10-8-6-4-2)37-29-31(42)23-25-33(37)34-26-24-32(30-38(34)41)43-39-21-15-13-19-35(39)36-20-14-16-22-40(36)43/h13-16,19-26,29-30H,3-12,17-18,27-28H2,1-2H3. The largest absolute Gasteiger partial charge is 0.309 e. The van der Waals surface area contributed by atoms with Crippen molar-refractivity contribution in [3.63, 3.8) is 0 Å². The number of fused-ring (bicyclic) bond motifs is 6. The lowest BCUT2D eigenvalue weighted by Gasteiger charge is -2.33. The lowest BCUT2D eigenvalue weighted by Crippen LogP contribution is -2.26. The molecular formula is C41H48BrN. The Morgan fingerprint density at radius 2 is 1.02 bits per heavy atom. The van der Waals surface area contributed by atoms with Crippen LogP contribution < -0.4 is 0 Å². The van der Waals surface area contributed by atoms with Crippen LogP contribution in [-0.2, 0) is 5.41 Å². The van der Waals surface area contributed by atoms with E-state index >= 15 is 0 Å². The Kier molecular flexibility index (Phi) is 9.73. The fraction of sp³-hybridized carbons (Fsp3) is 0.415. The van der Waals surface area contributed by atoms with Gasteiger partial charge in [0.2, 0.25) is 0 Å². The second-order valence-electron chi connectivity index (χ2n) is 12.9. The summed E-state index contributed by atoms with van der Waals surface area (Å²) >= 11 is 3.88. The smallest absolute Gasteiger partial charge is 0.0541 e. The Morgan fingerprint density at radius 3 is 1.60 bits per heavy atom. The fourth-order valence-corrected chi connectivity index (χ4v) is 8.23. The molecule has 0 unspecified atom stereocenters. The quantitative estimate of drug-likeness (QED) is 0.101. The minimum absolute atomic E-state index is 0.0682. The van der Waals surface area contributed by atoms with Gasteiger partial charge in [-0.25, -0.2) is 0 Å². The predicted molar refractivity (Wildman–Crippen MR) is 191 cm³/mol. The molecule has 5 aromatic rings. The Labute approximate surface area is 267 Å². The molecule has 4 aromatic carbocycles. The molecule has 0 spiro atoms. The van der Waals surface area contributed by atoms with Crippen LogP contribution in [-0.4, -0.2) is 4.57 Å². The monoisotopic (exact) mass is 633 g/mol. The number of rotatable bonds is 15. The van der Waals surface area contributed by atoms with Crippen LogP contribution in [0.1, 0.15) is 115 Å². The predicted octanol–water partition coefficient (Wildman–Crippen LogP) is 13.3. The number of nitrogens with zero attached hydrogens (tertiary/aromatic N) is 1. The van der Waals surface area contributed by atoms with E-state index < -0.39 is 0 Å². The number of hydrogen-bond acceptors (Lipinski definition) is 0. The molecule has 1 nitrogen and oxygen atoms in total. The number of unbranched alkanes of at least 4 members (excludes halogenated alkanes) is 10. The van der Waals surface area contributed by atoms with Crippen molar-refractivity contribution in [3.05, 3.63) is 101 Å². The normalized spacial score (nSPS) is 13.6. The second kappa shape index (κ2) is 13.9. The summed E-state index contributed by atoms with van der Waals surface area (Å²) in [4.78, 5) is 0. The average molecular weight is 635 g/mol. The van der Waals surface area contributed by atoms with E-state index in [0.29, 0.717) is 0 Å². The molecule has 0 atom stereocenters. The molecule has 0 aliphatic heterocycles. The summed E-state index contributed by atoms with van der Waals surface area (Å²) in [6.45, 7) is 4.63. The summed E-state index contributed by atoms with van der Waals surface area (Å²) in [5, 5.41) is 2.66. The van der Waals surface area contributed by atoms with Crippen LogP contribution in [0, 0.1) is 0 Å². The number of benzene rings is 4. The van der Waals surface area contributed by atoms with Gasteiger partial charge in [-0.3, -0.25) is 0 Å². The van der Waals surface area contributed by atoms with Crippen LogP contribution in [0.5, 0.6) is 0 Å². The van der Waals surface area contributed by atoms with Crippen molar-refractivity contribution in [3.8, 4) is 16.8 Å². The molecule has 0 radical (unpaired) electrons. The van der Waals surface area contributed by atoms with Crippen LogP contribution >= 0.6 is 15.9 Å². The van der Waals surface area contributed by atoms with Crippen molar-refractivity contribution < 1.29 is 0 Å². The van der Waals surface area contributed by atoms with E-state index in [1.54, 1.807) is 11.1 Å². The first-order valence-electron chi connectivity index (χ1n) is 17.1. The van der Waals surface area contributed by atoms with Gasteiger partial charge in [0.25, 0.3) is 0 Å². The molecule has 43 heavy (non-hydrogen) atoms. The van der Waals surface area contributed by atoms with Crippen molar-refractivity contribution >= 4 is 37.7 Å². The van der Waals surface area contributed by atoms with Gasteiger partial charge in [0.05, 0.1) is 11.0 Å². The zero-order valence-corrected chi connectivity index (χ0v) is 27.9. The van der Waals surface area contributed by atoms with Crippen molar-refractivity contribution in [2.75, 3.05) is 0 Å². The maximum absolute atomic E-state index is 3.88. The lowest BCUT2D eigenvalue weighted by molar-refractivity contribution is 0.397. The van der Waals surface area contributed by atoms with Crippen LogP contribution in [0.15, 0.2) is 89.4 Å². The molecule has 1 heterocycles. The Balaban J connectivity index is 1.44. The zero-order valence-electron chi connectivity index (χ0n) is 26.3. The van der Waals surface area contributed by atoms with E-state index in [9.17, 15) is 0 Å². The number of halogens is 1. The molecule has 0 saturated carbocycles. The Morgan fingerprint density at radius 1 is 0.535 bits per heavy atom. The maximum Gasteiger partial charge on any atom is 0.0541 e. The summed E-state index contributed by atoms with van der Waals surface area (Å²) in [7, 11) is 0. The number of aromatic nitrogens is 1. The van der Waals surface area contributed by atoms with Gasteiger partial charge in [0.15, 0.2) is 0 Å². The van der Waals surface area contributed by atoms with Gasteiger partial charge >= 0.3 is 0 Å². The Bertz CT molecular complexity index is 1610. The van der Waals surface area contributed by atoms with Gasteiger partial charge in [0.1, 0.15) is 0 Å². The van der Waals surface area contributed by atoms with Crippen molar-refractivity contribution in [2.24, 2.45) is 0 Å². The molecule has 1 aliphatic carbocycles. The molecule has 1 aliphatic rings. The summed E-state index contributed by atoms with van der Waals surface area (Å²) in [6, 6.07) is 32.3. The van der Waals surface area contributed by atoms with E-state index in [4.69, 9.17) is 0 Å². The highest BCUT2D eigenvalue weighted by atomic mass is 79.9. The van der Waals surface area contributed by atoms with Gasteiger partial charge in [0, 0.05) is 26.3 Å². The molecule has 0 fully saturated rings. The van der Waals surface area contributed by atoms with Crippen LogP contribution in [0.2, 0.25) is 0 Å². The van der Waals surface area contributed by atoms with E-state index in [-0.39, 0.29) is 5.41 Å². The number of para-hydroxylation sites is 2. The van der Waals surface area contributed by atoms with E-state index in [0.717, 1.165) is 0 Å². The highest BCUT2D eigenvalue weighted by Crippen LogP contribution is 2.55. The average Bonchev–Trinajstić information content (AvgIpc) is 3.50. The van der Waals surface area contributed by atoms with Gasteiger partial charge in [-0.1, -0.05) is 155 Å². The van der Waals surface area contributed by atoms with E-state index in [2.05, 4.69) is 119 Å². The minimum atomic E-state index is 0.0682. The first kappa shape index (κ1) is 30.2. The molecule has 0 amide bonds. The van der Waals surface area contributed by atoms with Crippen molar-refractivity contribution in [1.29, 1.82) is 0 Å². The third-order valence-electron chi connectivity index (χ3n) is 10.1. The molecule has 2 heteroatoms. The molecule has 0 N–H and O–H groups in total. The van der Waals surface area contributed by atoms with Gasteiger partial charge < -0.3 is 4.57 Å². The van der Waals surface area contributed by atoms with Gasteiger partial charge in [-0.2, -0.15) is 0 Å². The van der Waals surface area contributed by atoms with E-state index in [1.165, 1.54) is 133 Å². The molecule has 224 valence electrons. The fourth-order valence-electron chi connectivity index (χ4n) is 7.87. The topological polar surface area (TPSA) is 4.93 Å². The SMILES string of the molecule is CCCCCCCCC1(CCCCCCCC)c2cc(Br)ccc2-c2ccc(-n3c4ccccc4c4ccccc43)cc21. The van der Waals surface area contributed by atoms with E-state index in [1.807, 2.05) is 0 Å². The first-order valence-corrected chi connectivity index (χ1v) is 17.9. The number of hydrogen-bond donors (Lipinski definition) is 0. The second-order valence-corrected chi connectivity index (χ2v) is 13.8. The summed E-state index contributed by atoms with van der Waals surface area (Å²) in [5.74, 6) is 0. The molecule has 1 aromatic heterocycles. The third kappa shape index (κ3) is 5.97. The van der Waals surface area contributed by atoms with Crippen LogP contribution in [0.25, 0.3) is 38.6 Å². The molecular weight excluding hydrogens is 586 g/mol. The highest BCUT2D eigenvalue weighted by Gasteiger charge is 2.42. The maximum atomic E-state index is 3.88. The van der Waals surface area contributed by atoms with Crippen LogP contribution in [0.4, 0.5) is 0 Å². The lowest BCUT2D eigenvalue weighted by atomic mass is 9.70.